The summed E-state index contributed by atoms with van der Waals surface area (Å²) in [5.74, 6) is -2.62. The van der Waals surface area contributed by atoms with E-state index in [1.807, 2.05) is 0 Å². The molecule has 0 fully saturated rings. The molecule has 1 spiro atoms. The molecule has 0 aromatic heterocycles. The number of carbonyl (C=O) groups excluding carboxylic acids is 2. The molecule has 0 saturated carbocycles. The van der Waals surface area contributed by atoms with E-state index in [4.69, 9.17) is 10.5 Å². The highest BCUT2D eigenvalue weighted by Gasteiger charge is 2.61. The zero-order chi connectivity index (χ0) is 12.2. The molecule has 0 aliphatic carbocycles. The lowest BCUT2D eigenvalue weighted by atomic mass is 9.91. The van der Waals surface area contributed by atoms with Gasteiger partial charge in [-0.1, -0.05) is 18.2 Å². The molecule has 2 aliphatic heterocycles. The Bertz CT molecular complexity index is 593. The van der Waals surface area contributed by atoms with Crippen LogP contribution in [0.4, 0.5) is 5.69 Å². The Morgan fingerprint density at radius 1 is 1.29 bits per heavy atom. The monoisotopic (exact) mass is 232 g/mol. The lowest BCUT2D eigenvalue weighted by Crippen LogP contribution is -2.41. The van der Waals surface area contributed by atoms with Gasteiger partial charge in [0.1, 0.15) is 0 Å². The molecular weight excluding hydrogens is 224 g/mol. The Balaban J connectivity index is 2.24. The van der Waals surface area contributed by atoms with Crippen LogP contribution < -0.4 is 11.1 Å². The van der Waals surface area contributed by atoms with E-state index in [9.17, 15) is 14.7 Å². The third kappa shape index (κ3) is 0.944. The number of hydrogen-bond acceptors (Lipinski definition) is 5. The summed E-state index contributed by atoms with van der Waals surface area (Å²) in [5.41, 5.74) is 4.34. The highest BCUT2D eigenvalue weighted by atomic mass is 16.5. The fourth-order valence-corrected chi connectivity index (χ4v) is 2.10. The quantitative estimate of drug-likeness (QED) is 0.551. The molecule has 6 nitrogen and oxygen atoms in total. The molecule has 0 unspecified atom stereocenters. The number of anilines is 1. The molecule has 3 rings (SSSR count). The smallest absolute Gasteiger partial charge is 0.281 e. The first-order valence-corrected chi connectivity index (χ1v) is 4.91. The van der Waals surface area contributed by atoms with Crippen molar-refractivity contribution in [2.24, 2.45) is 5.73 Å². The first kappa shape index (κ1) is 9.71. The second kappa shape index (κ2) is 2.79. The average Bonchev–Trinajstić information content (AvgIpc) is 2.72. The molecule has 4 N–H and O–H groups in total. The van der Waals surface area contributed by atoms with Gasteiger partial charge in [0.15, 0.2) is 0 Å². The summed E-state index contributed by atoms with van der Waals surface area (Å²) in [6.07, 6.45) is 0. The van der Waals surface area contributed by atoms with Gasteiger partial charge < -0.3 is 20.9 Å². The largest absolute Gasteiger partial charge is 0.501 e. The highest BCUT2D eigenvalue weighted by Crippen LogP contribution is 2.44. The summed E-state index contributed by atoms with van der Waals surface area (Å²) in [5, 5.41) is 12.0. The van der Waals surface area contributed by atoms with E-state index in [-0.39, 0.29) is 0 Å². The zero-order valence-corrected chi connectivity index (χ0v) is 8.56. The maximum Gasteiger partial charge on any atom is 0.281 e. The Morgan fingerprint density at radius 3 is 2.65 bits per heavy atom. The van der Waals surface area contributed by atoms with Crippen LogP contribution in [0.5, 0.6) is 0 Å². The van der Waals surface area contributed by atoms with E-state index in [0.29, 0.717) is 11.3 Å². The van der Waals surface area contributed by atoms with E-state index < -0.39 is 28.9 Å². The minimum absolute atomic E-state index is 0.363. The number of hydrogen-bond donors (Lipinski definition) is 3. The first-order chi connectivity index (χ1) is 8.07. The molecule has 0 radical (unpaired) electrons. The van der Waals surface area contributed by atoms with Crippen molar-refractivity contribution in [1.82, 2.24) is 0 Å². The van der Waals surface area contributed by atoms with Gasteiger partial charge in [0.25, 0.3) is 17.3 Å². The molecule has 0 bridgehead atoms. The summed E-state index contributed by atoms with van der Waals surface area (Å²) < 4.78 is 5.12. The Hall–Kier alpha value is -2.50. The minimum atomic E-state index is -1.86. The number of aliphatic hydroxyl groups excluding tert-OH is 1. The molecule has 17 heavy (non-hydrogen) atoms. The predicted octanol–water partition coefficient (Wildman–Crippen LogP) is 0.119. The van der Waals surface area contributed by atoms with Crippen molar-refractivity contribution in [3.63, 3.8) is 0 Å². The Morgan fingerprint density at radius 2 is 2.00 bits per heavy atom. The van der Waals surface area contributed by atoms with Gasteiger partial charge in [-0.2, -0.15) is 0 Å². The number of aliphatic hydroxyl groups is 1. The third-order valence-corrected chi connectivity index (χ3v) is 2.91. The maximum absolute atomic E-state index is 11.9. The van der Waals surface area contributed by atoms with Crippen LogP contribution in [0, 0.1) is 0 Å². The van der Waals surface area contributed by atoms with Gasteiger partial charge in [0.05, 0.1) is 0 Å². The Kier molecular flexibility index (Phi) is 1.59. The van der Waals surface area contributed by atoms with E-state index in [0.717, 1.165) is 0 Å². The Labute approximate surface area is 95.7 Å². The molecule has 1 aromatic carbocycles. The molecule has 2 aliphatic rings. The number of nitrogens with two attached hydrogens (primary N) is 1. The fourth-order valence-electron chi connectivity index (χ4n) is 2.10. The summed E-state index contributed by atoms with van der Waals surface area (Å²) in [4.78, 5) is 23.8. The molecule has 0 saturated heterocycles. The average molecular weight is 232 g/mol. The standard InChI is InChI=1S/C11H8N2O4/c12-9-7(14)8(15)11(17-9)5-3-1-2-4-6(5)13-10(11)16/h1-4,14H,12H2,(H,13,16)/t11-/m0/s1. The van der Waals surface area contributed by atoms with Crippen LogP contribution in [0.15, 0.2) is 35.9 Å². The first-order valence-electron chi connectivity index (χ1n) is 4.91. The molecule has 86 valence electrons. The topological polar surface area (TPSA) is 102 Å². The normalized spacial score (nSPS) is 26.1. The molecule has 2 heterocycles. The van der Waals surface area contributed by atoms with E-state index >= 15 is 0 Å². The van der Waals surface area contributed by atoms with Gasteiger partial charge in [-0.05, 0) is 6.07 Å². The summed E-state index contributed by atoms with van der Waals surface area (Å²) in [6.45, 7) is 0. The van der Waals surface area contributed by atoms with Gasteiger partial charge in [-0.25, -0.2) is 0 Å². The van der Waals surface area contributed by atoms with Crippen molar-refractivity contribution in [3.8, 4) is 0 Å². The number of benzene rings is 1. The zero-order valence-electron chi connectivity index (χ0n) is 8.56. The number of Topliss-reactive ketones (excluding diaryl/α,β-unsaturated/α-hetero) is 1. The summed E-state index contributed by atoms with van der Waals surface area (Å²) >= 11 is 0. The van der Waals surface area contributed by atoms with Crippen LogP contribution in [0.3, 0.4) is 0 Å². The second-order valence-corrected chi connectivity index (χ2v) is 3.82. The predicted molar refractivity (Wildman–Crippen MR) is 56.7 cm³/mol. The summed E-state index contributed by atoms with van der Waals surface area (Å²) in [7, 11) is 0. The van der Waals surface area contributed by atoms with Crippen LogP contribution in [0.1, 0.15) is 5.56 Å². The van der Waals surface area contributed by atoms with Gasteiger partial charge in [0.2, 0.25) is 11.6 Å². The number of para-hydroxylation sites is 1. The van der Waals surface area contributed by atoms with Gasteiger partial charge in [-0.15, -0.1) is 0 Å². The minimum Gasteiger partial charge on any atom is -0.501 e. The van der Waals surface area contributed by atoms with Crippen LogP contribution in [-0.4, -0.2) is 16.8 Å². The van der Waals surface area contributed by atoms with Crippen LogP contribution in [-0.2, 0) is 19.9 Å². The van der Waals surface area contributed by atoms with Crippen molar-refractivity contribution < 1.29 is 19.4 Å². The SMILES string of the molecule is NC1=C(O)C(=O)[C@]2(O1)C(=O)Nc1ccccc12. The van der Waals surface area contributed by atoms with Crippen LogP contribution >= 0.6 is 0 Å². The number of amides is 1. The molecule has 1 amide bonds. The summed E-state index contributed by atoms with van der Waals surface area (Å²) in [6, 6.07) is 6.61. The van der Waals surface area contributed by atoms with Crippen molar-refractivity contribution in [2.45, 2.75) is 5.60 Å². The molecule has 1 atom stereocenters. The molecule has 1 aromatic rings. The van der Waals surface area contributed by atoms with Crippen LogP contribution in [0.25, 0.3) is 0 Å². The van der Waals surface area contributed by atoms with Crippen molar-refractivity contribution >= 4 is 17.4 Å². The number of rotatable bonds is 0. The lowest BCUT2D eigenvalue weighted by Gasteiger charge is -2.19. The van der Waals surface area contributed by atoms with E-state index in [1.165, 1.54) is 0 Å². The number of ketones is 1. The third-order valence-electron chi connectivity index (χ3n) is 2.91. The number of fused-ring (bicyclic) bond motifs is 2. The van der Waals surface area contributed by atoms with Crippen molar-refractivity contribution in [1.29, 1.82) is 0 Å². The van der Waals surface area contributed by atoms with Gasteiger partial charge in [0, 0.05) is 11.3 Å². The highest BCUT2D eigenvalue weighted by molar-refractivity contribution is 6.24. The molecular formula is C11H8N2O4. The number of carbonyl (C=O) groups is 2. The number of ether oxygens (including phenoxy) is 1. The maximum atomic E-state index is 11.9. The fraction of sp³-hybridized carbons (Fsp3) is 0.0909. The van der Waals surface area contributed by atoms with E-state index in [1.54, 1.807) is 24.3 Å². The number of nitrogens with one attached hydrogen (secondary N) is 1. The van der Waals surface area contributed by atoms with E-state index in [2.05, 4.69) is 5.32 Å². The van der Waals surface area contributed by atoms with Crippen LogP contribution in [0.2, 0.25) is 0 Å². The van der Waals surface area contributed by atoms with Gasteiger partial charge in [-0.3, -0.25) is 9.59 Å². The molecule has 6 heteroatoms. The van der Waals surface area contributed by atoms with Gasteiger partial charge >= 0.3 is 0 Å². The van der Waals surface area contributed by atoms with Crippen molar-refractivity contribution in [2.75, 3.05) is 5.32 Å². The van der Waals surface area contributed by atoms with Crippen molar-refractivity contribution in [3.05, 3.63) is 41.5 Å². The lowest BCUT2D eigenvalue weighted by molar-refractivity contribution is -0.145. The second-order valence-electron chi connectivity index (χ2n) is 3.82.